The second kappa shape index (κ2) is 4.19. The van der Waals surface area contributed by atoms with E-state index >= 15 is 0 Å². The first-order valence-electron chi connectivity index (χ1n) is 12.2. The van der Waals surface area contributed by atoms with Crippen LogP contribution in [-0.4, -0.2) is 5.78 Å². The van der Waals surface area contributed by atoms with Gasteiger partial charge < -0.3 is 0 Å². The second-order valence-electron chi connectivity index (χ2n) is 5.59. The van der Waals surface area contributed by atoms with Crippen LogP contribution in [0.1, 0.15) is 91.2 Å². The molecule has 0 radical (unpaired) electrons. The van der Waals surface area contributed by atoms with Gasteiger partial charge in [0.1, 0.15) is 0 Å². The molecule has 0 N–H and O–H groups in total. The monoisotopic (exact) mass is 270 g/mol. The van der Waals surface area contributed by atoms with Crippen molar-refractivity contribution in [2.45, 2.75) is 65.4 Å². The van der Waals surface area contributed by atoms with E-state index in [0.717, 1.165) is 6.07 Å². The molecule has 0 saturated carbocycles. The number of aryl methyl sites for hydroxylation is 1. The number of benzene rings is 1. The molecule has 0 aromatic heterocycles. The fourth-order valence-corrected chi connectivity index (χ4v) is 2.75. The minimum absolute atomic E-state index is 0.0242. The van der Waals surface area contributed by atoms with E-state index < -0.39 is 61.9 Å². The lowest BCUT2D eigenvalue weighted by Crippen LogP contribution is -2.40. The maximum atomic E-state index is 12.2. The molecule has 1 aromatic rings. The Hall–Kier alpha value is -1.11. The fraction of sp³-hybridized carbons (Fsp3) is 0.611. The highest BCUT2D eigenvalue weighted by Gasteiger charge is 2.42. The highest BCUT2D eigenvalue weighted by atomic mass is 16.1. The average molecular weight is 270 g/mol. The van der Waals surface area contributed by atoms with Crippen molar-refractivity contribution >= 4 is 5.78 Å². The number of carbonyl (C=O) groups excluding carboxylic acids is 1. The van der Waals surface area contributed by atoms with E-state index in [1.54, 1.807) is 0 Å². The van der Waals surface area contributed by atoms with Gasteiger partial charge in [0, 0.05) is 22.0 Å². The average Bonchev–Trinajstić information content (AvgIpc) is 2.47. The van der Waals surface area contributed by atoms with E-state index in [9.17, 15) is 4.79 Å². The van der Waals surface area contributed by atoms with Crippen molar-refractivity contribution in [2.24, 2.45) is 5.92 Å². The number of carbonyl (C=O) groups is 1. The Labute approximate surface area is 134 Å². The van der Waals surface area contributed by atoms with Crippen LogP contribution in [0.3, 0.4) is 0 Å². The molecule has 0 fully saturated rings. The lowest BCUT2D eigenvalue weighted by Gasteiger charge is -2.47. The van der Waals surface area contributed by atoms with Gasteiger partial charge in [-0.3, -0.25) is 4.79 Å². The number of rotatable bonds is 1. The van der Waals surface area contributed by atoms with Crippen LogP contribution in [0.5, 0.6) is 0 Å². The molecule has 1 aromatic carbocycles. The van der Waals surface area contributed by atoms with Crippen molar-refractivity contribution in [3.8, 4) is 0 Å². The van der Waals surface area contributed by atoms with E-state index in [4.69, 9.17) is 16.4 Å². The first-order chi connectivity index (χ1) is 13.6. The third-order valence-electron chi connectivity index (χ3n) is 3.98. The number of hydrogen-bond acceptors (Lipinski definition) is 1. The molecule has 1 aliphatic carbocycles. The normalized spacial score (nSPS) is 35.8. The molecule has 0 amide bonds. The van der Waals surface area contributed by atoms with Gasteiger partial charge in [-0.25, -0.2) is 0 Å². The summed E-state index contributed by atoms with van der Waals surface area (Å²) in [6.07, 6.45) is -0.718. The summed E-state index contributed by atoms with van der Waals surface area (Å²) in [6, 6.07) is 2.27. The predicted molar refractivity (Wildman–Crippen MR) is 81.0 cm³/mol. The van der Waals surface area contributed by atoms with Gasteiger partial charge in [-0.05, 0) is 59.8 Å². The summed E-state index contributed by atoms with van der Waals surface area (Å²) in [5.74, 6) is -1.82. The summed E-state index contributed by atoms with van der Waals surface area (Å²) in [5, 5.41) is 0. The molecular weight excluding hydrogens is 232 g/mol. The Balaban J connectivity index is 3.26. The van der Waals surface area contributed by atoms with Gasteiger partial charge in [0.25, 0.3) is 0 Å². The highest BCUT2D eigenvalue weighted by molar-refractivity contribution is 5.96. The summed E-state index contributed by atoms with van der Waals surface area (Å²) in [5.41, 5.74) is -5.55. The molecule has 0 spiro atoms. The van der Waals surface area contributed by atoms with Gasteiger partial charge in [0.15, 0.2) is 5.78 Å². The molecule has 19 heavy (non-hydrogen) atoms. The molecule has 1 atom stereocenters. The van der Waals surface area contributed by atoms with Crippen LogP contribution in [-0.2, 0) is 10.8 Å². The molecule has 1 nitrogen and oxygen atoms in total. The maximum Gasteiger partial charge on any atom is 0.160 e. The van der Waals surface area contributed by atoms with Crippen LogP contribution in [0.4, 0.5) is 0 Å². The first-order valence-corrected chi connectivity index (χ1v) is 6.24. The third-order valence-corrected chi connectivity index (χ3v) is 3.98. The predicted octanol–water partition coefficient (Wildman–Crippen LogP) is 4.79. The first kappa shape index (κ1) is 5.35. The number of ketones is 1. The minimum atomic E-state index is -3.12. The molecule has 1 unspecified atom stereocenters. The summed E-state index contributed by atoms with van der Waals surface area (Å²) in [6.45, 7) is -8.49. The van der Waals surface area contributed by atoms with Crippen LogP contribution in [0.15, 0.2) is 12.1 Å². The van der Waals surface area contributed by atoms with E-state index in [2.05, 4.69) is 0 Å². The molecule has 1 aliphatic rings. The summed E-state index contributed by atoms with van der Waals surface area (Å²) < 4.78 is 97.8. The van der Waals surface area contributed by atoms with E-state index in [-0.39, 0.29) is 16.7 Å². The quantitative estimate of drug-likeness (QED) is 0.670. The molecule has 0 heterocycles. The molecule has 0 saturated heterocycles. The van der Waals surface area contributed by atoms with Gasteiger partial charge in [0.05, 0.1) is 0 Å². The van der Waals surface area contributed by atoms with Gasteiger partial charge in [-0.15, -0.1) is 0 Å². The molecule has 0 aliphatic heterocycles. The van der Waals surface area contributed by atoms with Gasteiger partial charge in [0.2, 0.25) is 0 Å². The third kappa shape index (κ3) is 2.13. The van der Waals surface area contributed by atoms with E-state index in [1.165, 1.54) is 26.8 Å². The van der Waals surface area contributed by atoms with Crippen molar-refractivity contribution in [3.05, 3.63) is 34.4 Å². The summed E-state index contributed by atoms with van der Waals surface area (Å²) in [4.78, 5) is 12.2. The Morgan fingerprint density at radius 3 is 2.47 bits per heavy atom. The SMILES string of the molecule is [2H]C([2H])([2H])C1(C([2H])([2H])[2H])CC(C)C(C([2H])([2H])[2H])(C([2H])([2H])[2H])c2cc(C)c(C(C)=O)cc21. The topological polar surface area (TPSA) is 17.1 Å². The Bertz CT molecular complexity index is 857. The lowest BCUT2D eigenvalue weighted by molar-refractivity contribution is 0.101. The smallest absolute Gasteiger partial charge is 0.160 e. The largest absolute Gasteiger partial charge is 0.295 e. The molecule has 2 rings (SSSR count). The van der Waals surface area contributed by atoms with Crippen LogP contribution in [0.25, 0.3) is 0 Å². The summed E-state index contributed by atoms with van der Waals surface area (Å²) >= 11 is 0. The van der Waals surface area contributed by atoms with Crippen molar-refractivity contribution in [1.82, 2.24) is 0 Å². The van der Waals surface area contributed by atoms with Crippen molar-refractivity contribution in [2.75, 3.05) is 0 Å². The van der Waals surface area contributed by atoms with E-state index in [1.807, 2.05) is 0 Å². The minimum Gasteiger partial charge on any atom is -0.295 e. The number of Topliss-reactive ketones (excluding diaryl/α,β-unsaturated/α-hetero) is 1. The fourth-order valence-electron chi connectivity index (χ4n) is 2.75. The van der Waals surface area contributed by atoms with Gasteiger partial charge >= 0.3 is 0 Å². The zero-order valence-corrected chi connectivity index (χ0v) is 11.3. The Morgan fingerprint density at radius 1 is 1.26 bits per heavy atom. The van der Waals surface area contributed by atoms with E-state index in [0.29, 0.717) is 0 Å². The van der Waals surface area contributed by atoms with Crippen LogP contribution < -0.4 is 0 Å². The van der Waals surface area contributed by atoms with Crippen LogP contribution >= 0.6 is 0 Å². The second-order valence-corrected chi connectivity index (χ2v) is 5.59. The summed E-state index contributed by atoms with van der Waals surface area (Å²) in [7, 11) is 0. The zero-order chi connectivity index (χ0) is 24.6. The number of fused-ring (bicyclic) bond motifs is 1. The Morgan fingerprint density at radius 2 is 1.95 bits per heavy atom. The maximum absolute atomic E-state index is 12.2. The van der Waals surface area contributed by atoms with Crippen LogP contribution in [0.2, 0.25) is 0 Å². The van der Waals surface area contributed by atoms with Crippen molar-refractivity contribution in [1.29, 1.82) is 0 Å². The molecule has 0 bridgehead atoms. The lowest BCUT2D eigenvalue weighted by atomic mass is 9.58. The Kier molecular flexibility index (Phi) is 1.18. The molecule has 104 valence electrons. The molecular formula is C18H26O. The van der Waals surface area contributed by atoms with Crippen molar-refractivity contribution < 1.29 is 21.2 Å². The standard InChI is InChI=1S/C18H26O/c1-11-8-16-15(9-14(11)13(3)19)17(4,5)10-12(2)18(16,6)7/h8-9,12H,10H2,1-7H3/i4D3,5D3,6D3,7D3. The van der Waals surface area contributed by atoms with Crippen LogP contribution in [0, 0.1) is 12.8 Å². The zero-order valence-electron chi connectivity index (χ0n) is 23.3. The highest BCUT2D eigenvalue weighted by Crippen LogP contribution is 2.49. The van der Waals surface area contributed by atoms with Gasteiger partial charge in [-0.2, -0.15) is 0 Å². The van der Waals surface area contributed by atoms with Crippen molar-refractivity contribution in [3.63, 3.8) is 0 Å². The number of hydrogen-bond donors (Lipinski definition) is 0. The van der Waals surface area contributed by atoms with Gasteiger partial charge in [-0.1, -0.05) is 40.4 Å². The molecule has 1 heteroatoms.